The highest BCUT2D eigenvalue weighted by atomic mass is 79.9. The molecule has 2 nitrogen and oxygen atoms in total. The molecule has 2 aromatic carbocycles. The number of rotatable bonds is 2. The van der Waals surface area contributed by atoms with Crippen LogP contribution in [0.2, 0.25) is 0 Å². The lowest BCUT2D eigenvalue weighted by Crippen LogP contribution is -2.48. The van der Waals surface area contributed by atoms with Crippen LogP contribution in [0, 0.1) is 0 Å². The number of halogens is 1. The first-order valence-corrected chi connectivity index (χ1v) is 6.80. The van der Waals surface area contributed by atoms with Crippen LogP contribution in [0.3, 0.4) is 0 Å². The summed E-state index contributed by atoms with van der Waals surface area (Å²) in [6, 6.07) is 17.7. The van der Waals surface area contributed by atoms with Crippen molar-refractivity contribution in [2.24, 2.45) is 0 Å². The van der Waals surface area contributed by atoms with Gasteiger partial charge in [-0.1, -0.05) is 52.8 Å². The molecule has 0 saturated carbocycles. The molecule has 0 N–H and O–H groups in total. The van der Waals surface area contributed by atoms with Crippen LogP contribution in [0.4, 0.5) is 5.69 Å². The Morgan fingerprint density at radius 1 is 1.00 bits per heavy atom. The summed E-state index contributed by atoms with van der Waals surface area (Å²) in [5.74, 6) is -0.00354. The van der Waals surface area contributed by atoms with Crippen molar-refractivity contribution in [3.63, 3.8) is 0 Å². The lowest BCUT2D eigenvalue weighted by molar-refractivity contribution is -0.118. The monoisotopic (exact) mass is 313 g/mol. The Kier molecular flexibility index (Phi) is 2.99. The number of carbonyl (C=O) groups excluding carboxylic acids is 1. The number of benzene rings is 2. The predicted octanol–water partition coefficient (Wildman–Crippen LogP) is 4.09. The van der Waals surface area contributed by atoms with E-state index in [1.54, 1.807) is 4.90 Å². The van der Waals surface area contributed by atoms with Gasteiger partial charge in [0.05, 0.1) is 6.04 Å². The quantitative estimate of drug-likeness (QED) is 0.604. The summed E-state index contributed by atoms with van der Waals surface area (Å²) in [4.78, 5) is 13.8. The number of amides is 1. The van der Waals surface area contributed by atoms with E-state index in [-0.39, 0.29) is 11.9 Å². The largest absolute Gasteiger partial charge is 0.297 e. The highest BCUT2D eigenvalue weighted by molar-refractivity contribution is 9.10. The van der Waals surface area contributed by atoms with Crippen molar-refractivity contribution in [2.75, 3.05) is 4.90 Å². The Balaban J connectivity index is 1.98. The Labute approximate surface area is 120 Å². The topological polar surface area (TPSA) is 20.3 Å². The zero-order valence-corrected chi connectivity index (χ0v) is 11.8. The number of carbonyl (C=O) groups is 1. The average Bonchev–Trinajstić information content (AvgIpc) is 2.46. The van der Waals surface area contributed by atoms with Gasteiger partial charge in [0.1, 0.15) is 0 Å². The summed E-state index contributed by atoms with van der Waals surface area (Å²) in [6.07, 6.45) is 0. The number of anilines is 1. The Morgan fingerprint density at radius 2 is 1.63 bits per heavy atom. The molecule has 0 bridgehead atoms. The molecule has 1 heterocycles. The molecule has 3 heteroatoms. The molecule has 0 aliphatic carbocycles. The second kappa shape index (κ2) is 4.67. The van der Waals surface area contributed by atoms with Gasteiger partial charge in [-0.2, -0.15) is 0 Å². The van der Waals surface area contributed by atoms with E-state index in [9.17, 15) is 4.79 Å². The summed E-state index contributed by atoms with van der Waals surface area (Å²) >= 11 is 3.40. The van der Waals surface area contributed by atoms with Crippen molar-refractivity contribution in [1.82, 2.24) is 0 Å². The summed E-state index contributed by atoms with van der Waals surface area (Å²) in [6.45, 7) is 3.89. The Morgan fingerprint density at radius 3 is 2.26 bits per heavy atom. The van der Waals surface area contributed by atoms with E-state index in [1.165, 1.54) is 0 Å². The molecule has 1 aliphatic rings. The van der Waals surface area contributed by atoms with Gasteiger partial charge in [-0.15, -0.1) is 0 Å². The van der Waals surface area contributed by atoms with Crippen molar-refractivity contribution in [1.29, 1.82) is 0 Å². The van der Waals surface area contributed by atoms with Gasteiger partial charge in [0, 0.05) is 15.7 Å². The maximum atomic E-state index is 12.0. The van der Waals surface area contributed by atoms with Crippen LogP contribution in [0.25, 0.3) is 0 Å². The number of hydrogen-bond acceptors (Lipinski definition) is 1. The van der Waals surface area contributed by atoms with Crippen LogP contribution >= 0.6 is 15.9 Å². The van der Waals surface area contributed by atoms with Crippen molar-refractivity contribution in [3.05, 3.63) is 76.8 Å². The zero-order chi connectivity index (χ0) is 13.4. The van der Waals surface area contributed by atoms with Gasteiger partial charge in [0.2, 0.25) is 0 Å². The normalized spacial score (nSPS) is 18.4. The van der Waals surface area contributed by atoms with Gasteiger partial charge in [0.15, 0.2) is 0 Å². The molecule has 1 atom stereocenters. The summed E-state index contributed by atoms with van der Waals surface area (Å²) in [5, 5.41) is 0. The van der Waals surface area contributed by atoms with E-state index in [0.717, 1.165) is 15.7 Å². The average molecular weight is 314 g/mol. The van der Waals surface area contributed by atoms with Crippen LogP contribution < -0.4 is 4.90 Å². The standard InChI is InChI=1S/C16H12BrNO/c1-11-15(12-5-3-2-4-6-12)18(16(11)19)14-9-7-13(17)8-10-14/h2-10,15H,1H2/t15-/m0/s1. The van der Waals surface area contributed by atoms with Crippen LogP contribution in [-0.2, 0) is 4.79 Å². The van der Waals surface area contributed by atoms with Crippen LogP contribution in [0.15, 0.2) is 71.2 Å². The zero-order valence-electron chi connectivity index (χ0n) is 10.2. The first-order valence-electron chi connectivity index (χ1n) is 6.01. The molecular weight excluding hydrogens is 302 g/mol. The first kappa shape index (κ1) is 12.2. The lowest BCUT2D eigenvalue weighted by atomic mass is 9.88. The number of nitrogens with zero attached hydrogens (tertiary/aromatic N) is 1. The molecule has 1 aliphatic heterocycles. The van der Waals surface area contributed by atoms with Crippen molar-refractivity contribution >= 4 is 27.5 Å². The van der Waals surface area contributed by atoms with Gasteiger partial charge in [-0.05, 0) is 29.8 Å². The molecule has 1 saturated heterocycles. The molecular formula is C16H12BrNO. The third-order valence-electron chi connectivity index (χ3n) is 3.30. The number of β-lactam (4-membered cyclic amide) rings is 1. The van der Waals surface area contributed by atoms with E-state index < -0.39 is 0 Å². The fraction of sp³-hybridized carbons (Fsp3) is 0.0625. The molecule has 0 radical (unpaired) electrons. The van der Waals surface area contributed by atoms with E-state index in [2.05, 4.69) is 22.5 Å². The first-order chi connectivity index (χ1) is 9.18. The molecule has 0 unspecified atom stereocenters. The minimum absolute atomic E-state index is 0.00354. The van der Waals surface area contributed by atoms with Crippen LogP contribution in [-0.4, -0.2) is 5.91 Å². The van der Waals surface area contributed by atoms with Gasteiger partial charge >= 0.3 is 0 Å². The number of hydrogen-bond donors (Lipinski definition) is 0. The van der Waals surface area contributed by atoms with Gasteiger partial charge < -0.3 is 0 Å². The van der Waals surface area contributed by atoms with Crippen LogP contribution in [0.5, 0.6) is 0 Å². The summed E-state index contributed by atoms with van der Waals surface area (Å²) < 4.78 is 0.999. The van der Waals surface area contributed by atoms with Gasteiger partial charge in [-0.25, -0.2) is 0 Å². The molecule has 2 aromatic rings. The summed E-state index contributed by atoms with van der Waals surface area (Å²) in [7, 11) is 0. The van der Waals surface area contributed by atoms with E-state index in [0.29, 0.717) is 5.57 Å². The molecule has 1 fully saturated rings. The van der Waals surface area contributed by atoms with Gasteiger partial charge in [0.25, 0.3) is 5.91 Å². The van der Waals surface area contributed by atoms with Crippen molar-refractivity contribution in [2.45, 2.75) is 6.04 Å². The van der Waals surface area contributed by atoms with E-state index in [4.69, 9.17) is 0 Å². The van der Waals surface area contributed by atoms with E-state index in [1.807, 2.05) is 54.6 Å². The Hall–Kier alpha value is -1.87. The molecule has 94 valence electrons. The SMILES string of the molecule is C=C1C(=O)N(c2ccc(Br)cc2)[C@@H]1c1ccccc1. The molecule has 1 amide bonds. The lowest BCUT2D eigenvalue weighted by Gasteiger charge is -2.42. The van der Waals surface area contributed by atoms with Crippen LogP contribution in [0.1, 0.15) is 11.6 Å². The third kappa shape index (κ3) is 2.00. The molecule has 0 spiro atoms. The third-order valence-corrected chi connectivity index (χ3v) is 3.83. The molecule has 19 heavy (non-hydrogen) atoms. The maximum Gasteiger partial charge on any atom is 0.256 e. The smallest absolute Gasteiger partial charge is 0.256 e. The fourth-order valence-corrected chi connectivity index (χ4v) is 2.60. The molecule has 3 rings (SSSR count). The molecule has 0 aromatic heterocycles. The predicted molar refractivity (Wildman–Crippen MR) is 80.0 cm³/mol. The second-order valence-electron chi connectivity index (χ2n) is 4.49. The van der Waals surface area contributed by atoms with Crippen molar-refractivity contribution < 1.29 is 4.79 Å². The summed E-state index contributed by atoms with van der Waals surface area (Å²) in [5.41, 5.74) is 2.64. The highest BCUT2D eigenvalue weighted by Gasteiger charge is 2.42. The minimum Gasteiger partial charge on any atom is -0.297 e. The Bertz CT molecular complexity index is 634. The highest BCUT2D eigenvalue weighted by Crippen LogP contribution is 2.42. The van der Waals surface area contributed by atoms with Crippen molar-refractivity contribution in [3.8, 4) is 0 Å². The maximum absolute atomic E-state index is 12.0. The minimum atomic E-state index is -0.0464. The second-order valence-corrected chi connectivity index (χ2v) is 5.41. The fourth-order valence-electron chi connectivity index (χ4n) is 2.33. The van der Waals surface area contributed by atoms with Gasteiger partial charge in [-0.3, -0.25) is 9.69 Å². The van der Waals surface area contributed by atoms with E-state index >= 15 is 0 Å².